The number of benzene rings is 2. The number of methoxy groups -OCH3 is 1. The van der Waals surface area contributed by atoms with Crippen molar-refractivity contribution in [1.29, 1.82) is 0 Å². The predicted molar refractivity (Wildman–Crippen MR) is 104 cm³/mol. The van der Waals surface area contributed by atoms with Crippen LogP contribution in [-0.2, 0) is 11.2 Å². The van der Waals surface area contributed by atoms with Gasteiger partial charge in [0, 0.05) is 25.5 Å². The van der Waals surface area contributed by atoms with Gasteiger partial charge in [0.15, 0.2) is 11.5 Å². The molecule has 0 saturated carbocycles. The lowest BCUT2D eigenvalue weighted by Crippen LogP contribution is -2.51. The van der Waals surface area contributed by atoms with Crippen LogP contribution in [0.3, 0.4) is 0 Å². The van der Waals surface area contributed by atoms with Gasteiger partial charge in [-0.15, -0.1) is 0 Å². The van der Waals surface area contributed by atoms with Gasteiger partial charge in [0.05, 0.1) is 13.7 Å². The lowest BCUT2D eigenvalue weighted by atomic mass is 10.0. The number of aliphatic hydroxyl groups is 1. The molecular formula is C22H26FNO4. The van der Waals surface area contributed by atoms with E-state index in [2.05, 4.69) is 12.1 Å². The monoisotopic (exact) mass is 387 g/mol. The molecule has 1 aliphatic heterocycles. The van der Waals surface area contributed by atoms with Crippen LogP contribution in [-0.4, -0.2) is 48.3 Å². The quantitative estimate of drug-likeness (QED) is 0.793. The zero-order chi connectivity index (χ0) is 19.9. The molecule has 0 bridgehead atoms. The van der Waals surface area contributed by atoms with Crippen LogP contribution in [0.5, 0.6) is 11.5 Å². The first kappa shape index (κ1) is 20.1. The summed E-state index contributed by atoms with van der Waals surface area (Å²) < 4.78 is 24.3. The first-order valence-corrected chi connectivity index (χ1v) is 9.57. The minimum Gasteiger partial charge on any atom is -0.493 e. The summed E-state index contributed by atoms with van der Waals surface area (Å²) in [5, 5.41) is 10.4. The average molecular weight is 387 g/mol. The van der Waals surface area contributed by atoms with Crippen molar-refractivity contribution in [2.45, 2.75) is 37.9 Å². The van der Waals surface area contributed by atoms with Crippen LogP contribution in [0.25, 0.3) is 0 Å². The summed E-state index contributed by atoms with van der Waals surface area (Å²) in [5.41, 5.74) is 1.22. The van der Waals surface area contributed by atoms with Gasteiger partial charge in [-0.2, -0.15) is 0 Å². The average Bonchev–Trinajstić information content (AvgIpc) is 2.71. The first-order chi connectivity index (χ1) is 13.6. The van der Waals surface area contributed by atoms with E-state index in [1.165, 1.54) is 30.9 Å². The minimum absolute atomic E-state index is 0.0489. The Morgan fingerprint density at radius 2 is 2.00 bits per heavy atom. The maximum Gasteiger partial charge on any atom is 0.222 e. The van der Waals surface area contributed by atoms with E-state index in [0.29, 0.717) is 25.1 Å². The van der Waals surface area contributed by atoms with Crippen molar-refractivity contribution in [2.24, 2.45) is 0 Å². The summed E-state index contributed by atoms with van der Waals surface area (Å²) in [6, 6.07) is 14.1. The summed E-state index contributed by atoms with van der Waals surface area (Å²) in [7, 11) is 1.44. The molecule has 2 aromatic rings. The second-order valence-electron chi connectivity index (χ2n) is 6.99. The predicted octanol–water partition coefficient (Wildman–Crippen LogP) is 3.20. The summed E-state index contributed by atoms with van der Waals surface area (Å²) >= 11 is 0. The van der Waals surface area contributed by atoms with Crippen molar-refractivity contribution in [2.75, 3.05) is 20.2 Å². The molecular weight excluding hydrogens is 361 g/mol. The van der Waals surface area contributed by atoms with Crippen LogP contribution in [0.15, 0.2) is 48.5 Å². The van der Waals surface area contributed by atoms with Gasteiger partial charge in [-0.1, -0.05) is 30.3 Å². The minimum atomic E-state index is -0.804. The molecule has 0 aromatic heterocycles. The van der Waals surface area contributed by atoms with Crippen LogP contribution in [0.4, 0.5) is 4.39 Å². The fourth-order valence-corrected chi connectivity index (χ4v) is 3.42. The summed E-state index contributed by atoms with van der Waals surface area (Å²) in [4.78, 5) is 14.1. The number of ether oxygens (including phenoxy) is 2. The van der Waals surface area contributed by atoms with E-state index in [1.54, 1.807) is 4.90 Å². The van der Waals surface area contributed by atoms with E-state index in [4.69, 9.17) is 9.47 Å². The zero-order valence-corrected chi connectivity index (χ0v) is 16.0. The normalized spacial score (nSPS) is 19.3. The van der Waals surface area contributed by atoms with E-state index >= 15 is 0 Å². The van der Waals surface area contributed by atoms with Gasteiger partial charge in [-0.05, 0) is 30.5 Å². The highest BCUT2D eigenvalue weighted by Gasteiger charge is 2.32. The Kier molecular flexibility index (Phi) is 6.87. The number of halogens is 1. The molecule has 1 heterocycles. The lowest BCUT2D eigenvalue weighted by molar-refractivity contribution is -0.137. The molecule has 28 heavy (non-hydrogen) atoms. The summed E-state index contributed by atoms with van der Waals surface area (Å²) in [5.74, 6) is 0.302. The van der Waals surface area contributed by atoms with E-state index in [-0.39, 0.29) is 18.2 Å². The Labute approximate surface area is 164 Å². The molecule has 1 saturated heterocycles. The van der Waals surface area contributed by atoms with Gasteiger partial charge in [0.1, 0.15) is 18.0 Å². The van der Waals surface area contributed by atoms with E-state index in [0.717, 1.165) is 12.8 Å². The molecule has 5 nitrogen and oxygen atoms in total. The third kappa shape index (κ3) is 5.23. The molecule has 1 N–H and O–H groups in total. The Balaban J connectivity index is 1.48. The fraction of sp³-hybridized carbons (Fsp3) is 0.409. The summed E-state index contributed by atoms with van der Waals surface area (Å²) in [6.07, 6.45) is 1.33. The number of piperidine rings is 1. The molecule has 0 unspecified atom stereocenters. The van der Waals surface area contributed by atoms with Gasteiger partial charge in [-0.25, -0.2) is 4.39 Å². The number of aryl methyl sites for hydroxylation is 1. The molecule has 1 aliphatic rings. The third-order valence-electron chi connectivity index (χ3n) is 4.98. The smallest absolute Gasteiger partial charge is 0.222 e. The maximum atomic E-state index is 13.3. The van der Waals surface area contributed by atoms with Crippen LogP contribution in [0.1, 0.15) is 24.8 Å². The number of hydrogen-bond acceptors (Lipinski definition) is 4. The first-order valence-electron chi connectivity index (χ1n) is 9.57. The van der Waals surface area contributed by atoms with Crippen LogP contribution >= 0.6 is 0 Å². The highest BCUT2D eigenvalue weighted by atomic mass is 19.1. The van der Waals surface area contributed by atoms with Crippen molar-refractivity contribution in [1.82, 2.24) is 4.90 Å². The second kappa shape index (κ2) is 9.55. The number of aliphatic hydroxyl groups excluding tert-OH is 1. The molecule has 2 aromatic carbocycles. The number of likely N-dealkylation sites (tertiary alicyclic amines) is 1. The number of hydrogen-bond donors (Lipinski definition) is 1. The Bertz CT molecular complexity index is 783. The van der Waals surface area contributed by atoms with E-state index in [9.17, 15) is 14.3 Å². The number of nitrogens with zero attached hydrogens (tertiary/aromatic N) is 1. The van der Waals surface area contributed by atoms with Crippen molar-refractivity contribution in [3.63, 3.8) is 0 Å². The molecule has 6 heteroatoms. The zero-order valence-electron chi connectivity index (χ0n) is 16.0. The second-order valence-corrected chi connectivity index (χ2v) is 6.99. The standard InChI is InChI=1S/C22H26FNO4/c1-27-21-14-17(23)10-11-20(21)28-19-12-13-24(15-18(19)25)22(26)9-5-8-16-6-3-2-4-7-16/h2-4,6-7,10-11,14,18-19,25H,5,8-9,12-13,15H2,1H3/t18-,19-/m1/s1. The number of amides is 1. The molecule has 1 amide bonds. The van der Waals surface area contributed by atoms with Gasteiger partial charge in [-0.3, -0.25) is 4.79 Å². The molecule has 0 aliphatic carbocycles. The fourth-order valence-electron chi connectivity index (χ4n) is 3.42. The highest BCUT2D eigenvalue weighted by molar-refractivity contribution is 5.76. The molecule has 0 radical (unpaired) electrons. The number of carbonyl (C=O) groups excluding carboxylic acids is 1. The van der Waals surface area contributed by atoms with Crippen molar-refractivity contribution >= 4 is 5.91 Å². The topological polar surface area (TPSA) is 59.0 Å². The van der Waals surface area contributed by atoms with Crippen molar-refractivity contribution in [3.05, 3.63) is 59.9 Å². The van der Waals surface area contributed by atoms with Crippen molar-refractivity contribution < 1.29 is 23.8 Å². The third-order valence-corrected chi connectivity index (χ3v) is 4.98. The van der Waals surface area contributed by atoms with Gasteiger partial charge in [0.25, 0.3) is 0 Å². The van der Waals surface area contributed by atoms with Gasteiger partial charge < -0.3 is 19.5 Å². The largest absolute Gasteiger partial charge is 0.493 e. The molecule has 150 valence electrons. The highest BCUT2D eigenvalue weighted by Crippen LogP contribution is 2.30. The molecule has 1 fully saturated rings. The lowest BCUT2D eigenvalue weighted by Gasteiger charge is -2.36. The van der Waals surface area contributed by atoms with Crippen molar-refractivity contribution in [3.8, 4) is 11.5 Å². The van der Waals surface area contributed by atoms with Gasteiger partial charge >= 0.3 is 0 Å². The van der Waals surface area contributed by atoms with E-state index in [1.807, 2.05) is 18.2 Å². The van der Waals surface area contributed by atoms with Crippen LogP contribution < -0.4 is 9.47 Å². The SMILES string of the molecule is COc1cc(F)ccc1O[C@@H]1CCN(C(=O)CCCc2ccccc2)C[C@H]1O. The number of rotatable bonds is 7. The Hall–Kier alpha value is -2.60. The van der Waals surface area contributed by atoms with E-state index < -0.39 is 18.0 Å². The summed E-state index contributed by atoms with van der Waals surface area (Å²) in [6.45, 7) is 0.758. The van der Waals surface area contributed by atoms with Gasteiger partial charge in [0.2, 0.25) is 5.91 Å². The Morgan fingerprint density at radius 1 is 1.21 bits per heavy atom. The molecule has 3 rings (SSSR count). The number of carbonyl (C=O) groups is 1. The van der Waals surface area contributed by atoms with Crippen LogP contribution in [0, 0.1) is 5.82 Å². The molecule has 0 spiro atoms. The number of β-amino-alcohol motifs (C(OH)–C–C–N with tert-alkyl or cyclic N) is 1. The Morgan fingerprint density at radius 3 is 2.71 bits per heavy atom. The molecule has 2 atom stereocenters. The maximum absolute atomic E-state index is 13.3. The van der Waals surface area contributed by atoms with Crippen LogP contribution in [0.2, 0.25) is 0 Å².